The molecular formula is C10H17NO4. The van der Waals surface area contributed by atoms with E-state index in [1.54, 1.807) is 0 Å². The summed E-state index contributed by atoms with van der Waals surface area (Å²) in [4.78, 5) is 4.03. The summed E-state index contributed by atoms with van der Waals surface area (Å²) in [5.74, 6) is 0.365. The van der Waals surface area contributed by atoms with E-state index in [4.69, 9.17) is 18.6 Å². The second-order valence-corrected chi connectivity index (χ2v) is 2.70. The lowest BCUT2D eigenvalue weighted by atomic mass is 10.4. The molecule has 1 aromatic heterocycles. The van der Waals surface area contributed by atoms with Gasteiger partial charge in [-0.25, -0.2) is 4.98 Å². The van der Waals surface area contributed by atoms with Crippen LogP contribution in [0.2, 0.25) is 0 Å². The van der Waals surface area contributed by atoms with Crippen LogP contribution in [-0.4, -0.2) is 24.8 Å². The van der Waals surface area contributed by atoms with Gasteiger partial charge in [-0.05, 0) is 20.8 Å². The third-order valence-corrected chi connectivity index (χ3v) is 1.70. The first-order chi connectivity index (χ1) is 7.33. The van der Waals surface area contributed by atoms with Crippen LogP contribution in [0.4, 0.5) is 0 Å². The van der Waals surface area contributed by atoms with Crippen LogP contribution in [0.15, 0.2) is 10.8 Å². The van der Waals surface area contributed by atoms with Gasteiger partial charge in [0.1, 0.15) is 0 Å². The van der Waals surface area contributed by atoms with Crippen LogP contribution in [0.1, 0.15) is 32.8 Å². The number of rotatable bonds is 7. The Labute approximate surface area is 89.3 Å². The van der Waals surface area contributed by atoms with Gasteiger partial charge in [-0.3, -0.25) is 0 Å². The lowest BCUT2D eigenvalue weighted by Gasteiger charge is -2.14. The molecule has 0 unspecified atom stereocenters. The van der Waals surface area contributed by atoms with Gasteiger partial charge >= 0.3 is 5.95 Å². The zero-order chi connectivity index (χ0) is 11.1. The number of aromatic nitrogens is 1. The Bertz CT molecular complexity index is 268. The first-order valence-electron chi connectivity index (χ1n) is 5.12. The Hall–Kier alpha value is -1.07. The molecule has 0 bridgehead atoms. The number of ether oxygens (including phenoxy) is 3. The second-order valence-electron chi connectivity index (χ2n) is 2.70. The summed E-state index contributed by atoms with van der Waals surface area (Å²) in [6.45, 7) is 7.28. The monoisotopic (exact) mass is 215 g/mol. The van der Waals surface area contributed by atoms with Crippen molar-refractivity contribution in [1.29, 1.82) is 0 Å². The number of nitrogens with zero attached hydrogens (tertiary/aromatic N) is 1. The quantitative estimate of drug-likeness (QED) is 0.652. The van der Waals surface area contributed by atoms with E-state index in [0.29, 0.717) is 31.5 Å². The number of oxazole rings is 1. The van der Waals surface area contributed by atoms with Gasteiger partial charge in [0.15, 0.2) is 12.1 Å². The molecule has 0 radical (unpaired) electrons. The highest BCUT2D eigenvalue weighted by molar-refractivity contribution is 5.15. The summed E-state index contributed by atoms with van der Waals surface area (Å²) in [5, 5.41) is 0. The van der Waals surface area contributed by atoms with Gasteiger partial charge in [0, 0.05) is 13.2 Å². The summed E-state index contributed by atoms with van der Waals surface area (Å²) in [7, 11) is 0. The van der Waals surface area contributed by atoms with E-state index < -0.39 is 6.29 Å². The summed E-state index contributed by atoms with van der Waals surface area (Å²) >= 11 is 0. The Morgan fingerprint density at radius 3 is 2.40 bits per heavy atom. The molecule has 5 nitrogen and oxygen atoms in total. The minimum absolute atomic E-state index is 0.365. The fourth-order valence-electron chi connectivity index (χ4n) is 1.15. The molecule has 1 heterocycles. The molecule has 15 heavy (non-hydrogen) atoms. The maximum atomic E-state index is 5.39. The Balaban J connectivity index is 2.74. The van der Waals surface area contributed by atoms with E-state index in [1.165, 1.54) is 6.39 Å². The molecule has 0 aliphatic carbocycles. The topological polar surface area (TPSA) is 53.7 Å². The zero-order valence-electron chi connectivity index (χ0n) is 9.36. The smallest absolute Gasteiger partial charge is 0.313 e. The normalized spacial score (nSPS) is 10.9. The van der Waals surface area contributed by atoms with Crippen molar-refractivity contribution in [3.8, 4) is 5.95 Å². The molecule has 0 amide bonds. The second kappa shape index (κ2) is 6.42. The molecule has 0 aliphatic rings. The van der Waals surface area contributed by atoms with E-state index >= 15 is 0 Å². The third-order valence-electron chi connectivity index (χ3n) is 1.70. The third kappa shape index (κ3) is 3.21. The van der Waals surface area contributed by atoms with Gasteiger partial charge in [-0.2, -0.15) is 0 Å². The number of hydrogen-bond acceptors (Lipinski definition) is 5. The van der Waals surface area contributed by atoms with Crippen LogP contribution in [0.25, 0.3) is 0 Å². The highest BCUT2D eigenvalue weighted by Crippen LogP contribution is 2.27. The minimum Gasteiger partial charge on any atom is -0.464 e. The fraction of sp³-hybridized carbons (Fsp3) is 0.700. The van der Waals surface area contributed by atoms with Gasteiger partial charge in [-0.15, -0.1) is 0 Å². The molecule has 0 saturated heterocycles. The zero-order valence-corrected chi connectivity index (χ0v) is 9.36. The van der Waals surface area contributed by atoms with Gasteiger partial charge < -0.3 is 18.6 Å². The lowest BCUT2D eigenvalue weighted by Crippen LogP contribution is -2.10. The molecule has 1 rings (SSSR count). The number of hydrogen-bond donors (Lipinski definition) is 0. The van der Waals surface area contributed by atoms with Crippen LogP contribution >= 0.6 is 0 Å². The predicted octanol–water partition coefficient (Wildman–Crippen LogP) is 2.14. The van der Waals surface area contributed by atoms with Crippen molar-refractivity contribution < 1.29 is 18.6 Å². The standard InChI is InChI=1S/C10H17NO4/c1-4-12-9(13-5-2)8-10(14-6-3)15-7-11-8/h7,9H,4-6H2,1-3H3. The Morgan fingerprint density at radius 2 is 1.87 bits per heavy atom. The van der Waals surface area contributed by atoms with Crippen molar-refractivity contribution in [2.75, 3.05) is 19.8 Å². The van der Waals surface area contributed by atoms with E-state index in [0.717, 1.165) is 0 Å². The summed E-state index contributed by atoms with van der Waals surface area (Å²) < 4.78 is 21.1. The molecule has 5 heteroatoms. The van der Waals surface area contributed by atoms with Crippen molar-refractivity contribution in [1.82, 2.24) is 4.98 Å². The maximum absolute atomic E-state index is 5.39. The van der Waals surface area contributed by atoms with E-state index in [1.807, 2.05) is 20.8 Å². The summed E-state index contributed by atoms with van der Waals surface area (Å²) in [6, 6.07) is 0. The highest BCUT2D eigenvalue weighted by atomic mass is 16.7. The summed E-state index contributed by atoms with van der Waals surface area (Å²) in [5.41, 5.74) is 0.556. The van der Waals surface area contributed by atoms with Crippen LogP contribution in [0.5, 0.6) is 5.95 Å². The minimum atomic E-state index is -0.514. The molecule has 1 aromatic rings. The maximum Gasteiger partial charge on any atom is 0.313 e. The van der Waals surface area contributed by atoms with E-state index in [9.17, 15) is 0 Å². The van der Waals surface area contributed by atoms with Crippen LogP contribution < -0.4 is 4.74 Å². The van der Waals surface area contributed by atoms with Crippen molar-refractivity contribution in [3.63, 3.8) is 0 Å². The van der Waals surface area contributed by atoms with E-state index in [-0.39, 0.29) is 0 Å². The predicted molar refractivity (Wildman–Crippen MR) is 53.7 cm³/mol. The van der Waals surface area contributed by atoms with Crippen LogP contribution in [-0.2, 0) is 9.47 Å². The van der Waals surface area contributed by atoms with Crippen LogP contribution in [0.3, 0.4) is 0 Å². The SMILES string of the molecule is CCOc1ocnc1C(OCC)OCC. The first kappa shape index (κ1) is 12.0. The Morgan fingerprint density at radius 1 is 1.20 bits per heavy atom. The first-order valence-corrected chi connectivity index (χ1v) is 5.12. The highest BCUT2D eigenvalue weighted by Gasteiger charge is 2.21. The molecule has 0 spiro atoms. The molecule has 0 fully saturated rings. The Kier molecular flexibility index (Phi) is 5.14. The molecule has 0 N–H and O–H groups in total. The van der Waals surface area contributed by atoms with Gasteiger partial charge in [0.05, 0.1) is 6.61 Å². The largest absolute Gasteiger partial charge is 0.464 e. The van der Waals surface area contributed by atoms with Crippen LogP contribution in [0, 0.1) is 0 Å². The summed E-state index contributed by atoms with van der Waals surface area (Å²) in [6.07, 6.45) is 0.811. The van der Waals surface area contributed by atoms with Crippen molar-refractivity contribution in [2.24, 2.45) is 0 Å². The van der Waals surface area contributed by atoms with Gasteiger partial charge in [0.2, 0.25) is 6.29 Å². The molecule has 0 atom stereocenters. The molecular weight excluding hydrogens is 198 g/mol. The van der Waals surface area contributed by atoms with Gasteiger partial charge in [0.25, 0.3) is 0 Å². The molecule has 0 saturated carbocycles. The average Bonchev–Trinajstić information content (AvgIpc) is 2.66. The van der Waals surface area contributed by atoms with Crippen molar-refractivity contribution >= 4 is 0 Å². The van der Waals surface area contributed by atoms with E-state index in [2.05, 4.69) is 4.98 Å². The van der Waals surface area contributed by atoms with Gasteiger partial charge in [-0.1, -0.05) is 0 Å². The molecule has 0 aromatic carbocycles. The van der Waals surface area contributed by atoms with Crippen molar-refractivity contribution in [3.05, 3.63) is 12.1 Å². The lowest BCUT2D eigenvalue weighted by molar-refractivity contribution is -0.143. The fourth-order valence-corrected chi connectivity index (χ4v) is 1.15. The van der Waals surface area contributed by atoms with Crippen molar-refractivity contribution in [2.45, 2.75) is 27.1 Å². The average molecular weight is 215 g/mol. The molecule has 86 valence electrons. The molecule has 0 aliphatic heterocycles.